The Labute approximate surface area is 94.7 Å². The average molecular weight is 223 g/mol. The first-order valence-corrected chi connectivity index (χ1v) is 5.55. The van der Waals surface area contributed by atoms with E-state index in [1.807, 2.05) is 14.0 Å². The minimum Gasteiger partial charge on any atom is -0.394 e. The molecule has 0 spiro atoms. The second kappa shape index (κ2) is 4.25. The maximum absolute atomic E-state index is 12.2. The Hall–Kier alpha value is -1.36. The van der Waals surface area contributed by atoms with Crippen molar-refractivity contribution in [3.05, 3.63) is 17.5 Å². The van der Waals surface area contributed by atoms with Gasteiger partial charge in [0.1, 0.15) is 0 Å². The number of likely N-dealkylation sites (tertiary alicyclic amines) is 1. The van der Waals surface area contributed by atoms with Crippen molar-refractivity contribution in [1.29, 1.82) is 0 Å². The Balaban J connectivity index is 2.22. The number of aliphatic hydroxyl groups excluding tert-OH is 1. The molecular formula is C11H17N3O2. The van der Waals surface area contributed by atoms with Crippen molar-refractivity contribution >= 4 is 5.91 Å². The van der Waals surface area contributed by atoms with Gasteiger partial charge < -0.3 is 10.0 Å². The molecule has 1 atom stereocenters. The molecule has 1 fully saturated rings. The predicted molar refractivity (Wildman–Crippen MR) is 59.1 cm³/mol. The number of amides is 1. The molecule has 88 valence electrons. The standard InChI is InChI=1S/C11H17N3O2/c1-8-10(6-12-13(8)2)11(16)14-5-3-4-9(14)7-15/h6,9,15H,3-5,7H2,1-2H3. The van der Waals surface area contributed by atoms with Crippen LogP contribution in [0.25, 0.3) is 0 Å². The van der Waals surface area contributed by atoms with Crippen LogP contribution in [0.1, 0.15) is 28.9 Å². The molecule has 1 saturated heterocycles. The molecule has 0 bridgehead atoms. The van der Waals surface area contributed by atoms with Gasteiger partial charge in [0, 0.05) is 19.3 Å². The lowest BCUT2D eigenvalue weighted by Gasteiger charge is -2.22. The first kappa shape index (κ1) is 11.1. The zero-order valence-corrected chi connectivity index (χ0v) is 9.68. The van der Waals surface area contributed by atoms with Crippen molar-refractivity contribution in [2.75, 3.05) is 13.2 Å². The zero-order valence-electron chi connectivity index (χ0n) is 9.68. The van der Waals surface area contributed by atoms with E-state index in [1.54, 1.807) is 15.8 Å². The Kier molecular flexibility index (Phi) is 2.96. The minimum atomic E-state index is -0.0212. The van der Waals surface area contributed by atoms with Gasteiger partial charge in [-0.3, -0.25) is 9.48 Å². The van der Waals surface area contributed by atoms with Crippen molar-refractivity contribution in [1.82, 2.24) is 14.7 Å². The van der Waals surface area contributed by atoms with E-state index in [-0.39, 0.29) is 18.6 Å². The Morgan fingerprint density at radius 1 is 1.69 bits per heavy atom. The summed E-state index contributed by atoms with van der Waals surface area (Å²) in [6.45, 7) is 2.66. The first-order valence-electron chi connectivity index (χ1n) is 5.55. The fourth-order valence-corrected chi connectivity index (χ4v) is 2.16. The molecule has 5 nitrogen and oxygen atoms in total. The van der Waals surface area contributed by atoms with Gasteiger partial charge in [0.25, 0.3) is 5.91 Å². The maximum Gasteiger partial charge on any atom is 0.257 e. The third-order valence-corrected chi connectivity index (χ3v) is 3.31. The molecule has 1 aliphatic rings. The lowest BCUT2D eigenvalue weighted by atomic mass is 10.2. The fraction of sp³-hybridized carbons (Fsp3) is 0.636. The lowest BCUT2D eigenvalue weighted by Crippen LogP contribution is -2.37. The maximum atomic E-state index is 12.2. The molecule has 0 aromatic carbocycles. The highest BCUT2D eigenvalue weighted by Crippen LogP contribution is 2.20. The van der Waals surface area contributed by atoms with Crippen molar-refractivity contribution in [3.63, 3.8) is 0 Å². The average Bonchev–Trinajstić information content (AvgIpc) is 2.86. The van der Waals surface area contributed by atoms with Crippen LogP contribution in [0.4, 0.5) is 0 Å². The van der Waals surface area contributed by atoms with Crippen LogP contribution >= 0.6 is 0 Å². The number of hydrogen-bond donors (Lipinski definition) is 1. The summed E-state index contributed by atoms with van der Waals surface area (Å²) < 4.78 is 1.69. The molecule has 1 aromatic rings. The minimum absolute atomic E-state index is 0.0119. The van der Waals surface area contributed by atoms with Crippen LogP contribution in [-0.2, 0) is 7.05 Å². The van der Waals surface area contributed by atoms with Gasteiger partial charge in [-0.2, -0.15) is 5.10 Å². The summed E-state index contributed by atoms with van der Waals surface area (Å²) in [6, 6.07) is -0.0212. The summed E-state index contributed by atoms with van der Waals surface area (Å²) in [6.07, 6.45) is 3.46. The van der Waals surface area contributed by atoms with E-state index in [9.17, 15) is 9.90 Å². The van der Waals surface area contributed by atoms with Crippen LogP contribution in [0, 0.1) is 6.92 Å². The van der Waals surface area contributed by atoms with E-state index in [1.165, 1.54) is 0 Å². The molecule has 0 aliphatic carbocycles. The Morgan fingerprint density at radius 3 is 3.00 bits per heavy atom. The van der Waals surface area contributed by atoms with Crippen LogP contribution in [0.15, 0.2) is 6.20 Å². The van der Waals surface area contributed by atoms with Crippen LogP contribution < -0.4 is 0 Å². The van der Waals surface area contributed by atoms with Crippen LogP contribution in [0.3, 0.4) is 0 Å². The van der Waals surface area contributed by atoms with E-state index in [4.69, 9.17) is 0 Å². The third kappa shape index (κ3) is 1.71. The summed E-state index contributed by atoms with van der Waals surface area (Å²) in [7, 11) is 1.82. The number of hydrogen-bond acceptors (Lipinski definition) is 3. The molecule has 1 unspecified atom stereocenters. The predicted octanol–water partition coefficient (Wildman–Crippen LogP) is 0.325. The van der Waals surface area contributed by atoms with E-state index < -0.39 is 0 Å². The van der Waals surface area contributed by atoms with Crippen molar-refractivity contribution in [3.8, 4) is 0 Å². The number of aryl methyl sites for hydroxylation is 1. The summed E-state index contributed by atoms with van der Waals surface area (Å²) in [5, 5.41) is 13.3. The van der Waals surface area contributed by atoms with Crippen LogP contribution in [0.5, 0.6) is 0 Å². The Morgan fingerprint density at radius 2 is 2.44 bits per heavy atom. The highest BCUT2D eigenvalue weighted by molar-refractivity contribution is 5.95. The molecule has 0 radical (unpaired) electrons. The number of nitrogens with zero attached hydrogens (tertiary/aromatic N) is 3. The second-order valence-corrected chi connectivity index (χ2v) is 4.24. The van der Waals surface area contributed by atoms with Crippen molar-refractivity contribution in [2.24, 2.45) is 7.05 Å². The molecule has 16 heavy (non-hydrogen) atoms. The topological polar surface area (TPSA) is 58.4 Å². The number of carbonyl (C=O) groups is 1. The molecule has 0 saturated carbocycles. The molecule has 5 heteroatoms. The molecule has 1 amide bonds. The first-order chi connectivity index (χ1) is 7.65. The van der Waals surface area contributed by atoms with Gasteiger partial charge in [0.05, 0.1) is 24.4 Å². The van der Waals surface area contributed by atoms with Gasteiger partial charge in [-0.1, -0.05) is 0 Å². The number of aliphatic hydroxyl groups is 1. The van der Waals surface area contributed by atoms with Crippen molar-refractivity contribution < 1.29 is 9.90 Å². The highest BCUT2D eigenvalue weighted by atomic mass is 16.3. The number of aromatic nitrogens is 2. The molecule has 2 heterocycles. The van der Waals surface area contributed by atoms with Gasteiger partial charge in [0.2, 0.25) is 0 Å². The van der Waals surface area contributed by atoms with Gasteiger partial charge in [-0.25, -0.2) is 0 Å². The summed E-state index contributed by atoms with van der Waals surface area (Å²) >= 11 is 0. The third-order valence-electron chi connectivity index (χ3n) is 3.31. The summed E-state index contributed by atoms with van der Waals surface area (Å²) in [5.41, 5.74) is 1.51. The van der Waals surface area contributed by atoms with E-state index >= 15 is 0 Å². The van der Waals surface area contributed by atoms with E-state index in [0.29, 0.717) is 5.56 Å². The monoisotopic (exact) mass is 223 g/mol. The van der Waals surface area contributed by atoms with Gasteiger partial charge in [-0.15, -0.1) is 0 Å². The van der Waals surface area contributed by atoms with Gasteiger partial charge >= 0.3 is 0 Å². The fourth-order valence-electron chi connectivity index (χ4n) is 2.16. The summed E-state index contributed by atoms with van der Waals surface area (Å²) in [5.74, 6) is -0.0119. The van der Waals surface area contributed by atoms with Crippen molar-refractivity contribution in [2.45, 2.75) is 25.8 Å². The second-order valence-electron chi connectivity index (χ2n) is 4.24. The largest absolute Gasteiger partial charge is 0.394 e. The van der Waals surface area contributed by atoms with Gasteiger partial charge in [0.15, 0.2) is 0 Å². The molecule has 1 aliphatic heterocycles. The van der Waals surface area contributed by atoms with Gasteiger partial charge in [-0.05, 0) is 19.8 Å². The highest BCUT2D eigenvalue weighted by Gasteiger charge is 2.30. The lowest BCUT2D eigenvalue weighted by molar-refractivity contribution is 0.0677. The zero-order chi connectivity index (χ0) is 11.7. The van der Waals surface area contributed by atoms with E-state index in [0.717, 1.165) is 25.1 Å². The van der Waals surface area contributed by atoms with Crippen LogP contribution in [0.2, 0.25) is 0 Å². The quantitative estimate of drug-likeness (QED) is 0.785. The number of rotatable bonds is 2. The van der Waals surface area contributed by atoms with Crippen LogP contribution in [-0.4, -0.2) is 44.9 Å². The molecular weight excluding hydrogens is 206 g/mol. The number of carbonyl (C=O) groups excluding carboxylic acids is 1. The SMILES string of the molecule is Cc1c(C(=O)N2CCCC2CO)cnn1C. The molecule has 2 rings (SSSR count). The summed E-state index contributed by atoms with van der Waals surface area (Å²) in [4.78, 5) is 14.0. The molecule has 1 N–H and O–H groups in total. The Bertz CT molecular complexity index is 400. The molecule has 1 aromatic heterocycles. The van der Waals surface area contributed by atoms with E-state index in [2.05, 4.69) is 5.10 Å². The smallest absolute Gasteiger partial charge is 0.257 e. The normalized spacial score (nSPS) is 20.4.